The maximum Gasteiger partial charge on any atom is 0.266 e. The van der Waals surface area contributed by atoms with Crippen molar-refractivity contribution in [3.63, 3.8) is 0 Å². The van der Waals surface area contributed by atoms with E-state index in [0.29, 0.717) is 22.5 Å². The Labute approximate surface area is 239 Å². The summed E-state index contributed by atoms with van der Waals surface area (Å²) in [6, 6.07) is 18.8. The van der Waals surface area contributed by atoms with Crippen LogP contribution in [0.15, 0.2) is 60.8 Å². The lowest BCUT2D eigenvalue weighted by molar-refractivity contribution is 0.0604. The summed E-state index contributed by atoms with van der Waals surface area (Å²) in [7, 11) is 7.65. The molecule has 204 valence electrons. The number of thiophene rings is 1. The first kappa shape index (κ1) is 27.4. The number of amides is 1. The number of benzene rings is 2. The van der Waals surface area contributed by atoms with Crippen molar-refractivity contribution in [2.75, 3.05) is 33.2 Å². The van der Waals surface area contributed by atoms with Crippen LogP contribution in [0.3, 0.4) is 0 Å². The average molecular weight is 563 g/mol. The van der Waals surface area contributed by atoms with Crippen molar-refractivity contribution >= 4 is 44.7 Å². The van der Waals surface area contributed by atoms with E-state index in [0.717, 1.165) is 64.0 Å². The van der Waals surface area contributed by atoms with Gasteiger partial charge in [-0.1, -0.05) is 35.9 Å². The largest absolute Gasteiger partial charge is 0.496 e. The van der Waals surface area contributed by atoms with Crippen LogP contribution in [0.4, 0.5) is 5.82 Å². The van der Waals surface area contributed by atoms with E-state index in [4.69, 9.17) is 16.3 Å². The SMILES string of the molecule is CN[C@H]1CC[C@H](N(Cc2cc(-c3ccc(N(C)C)nc3)ccc2OC)C(=O)c2sc3ccccc3c2Cl)CC1. The predicted octanol–water partition coefficient (Wildman–Crippen LogP) is 6.86. The molecule has 1 saturated carbocycles. The Kier molecular flexibility index (Phi) is 8.40. The maximum absolute atomic E-state index is 14.2. The molecule has 0 atom stereocenters. The molecule has 0 saturated heterocycles. The van der Waals surface area contributed by atoms with Crippen LogP contribution >= 0.6 is 22.9 Å². The Bertz CT molecular complexity index is 1450. The number of hydrogen-bond donors (Lipinski definition) is 1. The number of aromatic nitrogens is 1. The number of hydrogen-bond acceptors (Lipinski definition) is 6. The van der Waals surface area contributed by atoms with E-state index >= 15 is 0 Å². The molecule has 5 rings (SSSR count). The fraction of sp³-hybridized carbons (Fsp3) is 0.355. The van der Waals surface area contributed by atoms with E-state index in [2.05, 4.69) is 22.4 Å². The van der Waals surface area contributed by atoms with Gasteiger partial charge >= 0.3 is 0 Å². The summed E-state index contributed by atoms with van der Waals surface area (Å²) in [4.78, 5) is 23.4. The van der Waals surface area contributed by atoms with Gasteiger partial charge in [0.1, 0.15) is 16.4 Å². The first-order valence-electron chi connectivity index (χ1n) is 13.4. The summed E-state index contributed by atoms with van der Waals surface area (Å²) < 4.78 is 6.80. The van der Waals surface area contributed by atoms with E-state index in [-0.39, 0.29) is 11.9 Å². The molecule has 1 aliphatic carbocycles. The van der Waals surface area contributed by atoms with Crippen molar-refractivity contribution in [3.8, 4) is 16.9 Å². The molecule has 8 heteroatoms. The molecular formula is C31H35ClN4O2S. The topological polar surface area (TPSA) is 57.7 Å². The number of pyridine rings is 1. The van der Waals surface area contributed by atoms with Crippen molar-refractivity contribution in [2.24, 2.45) is 0 Å². The van der Waals surface area contributed by atoms with Crippen molar-refractivity contribution in [3.05, 3.63) is 76.3 Å². The Balaban J connectivity index is 1.51. The summed E-state index contributed by atoms with van der Waals surface area (Å²) in [5, 5.41) is 4.88. The van der Waals surface area contributed by atoms with Gasteiger partial charge < -0.3 is 19.9 Å². The van der Waals surface area contributed by atoms with E-state index in [1.807, 2.05) is 79.6 Å². The Morgan fingerprint density at radius 1 is 1.08 bits per heavy atom. The molecule has 4 aromatic rings. The van der Waals surface area contributed by atoms with Gasteiger partial charge in [0.2, 0.25) is 0 Å². The second-order valence-electron chi connectivity index (χ2n) is 10.3. The maximum atomic E-state index is 14.2. The molecule has 0 radical (unpaired) electrons. The first-order chi connectivity index (χ1) is 18.9. The number of fused-ring (bicyclic) bond motifs is 1. The van der Waals surface area contributed by atoms with Crippen LogP contribution in [-0.4, -0.2) is 56.1 Å². The van der Waals surface area contributed by atoms with Crippen LogP contribution in [0.1, 0.15) is 40.9 Å². The lowest BCUT2D eigenvalue weighted by Crippen LogP contribution is -2.44. The predicted molar refractivity (Wildman–Crippen MR) is 162 cm³/mol. The lowest BCUT2D eigenvalue weighted by Gasteiger charge is -2.37. The minimum Gasteiger partial charge on any atom is -0.496 e. The monoisotopic (exact) mass is 562 g/mol. The van der Waals surface area contributed by atoms with Gasteiger partial charge in [0.05, 0.1) is 12.1 Å². The summed E-state index contributed by atoms with van der Waals surface area (Å²) in [6.07, 6.45) is 5.84. The second-order valence-corrected chi connectivity index (χ2v) is 11.7. The molecular weight excluding hydrogens is 528 g/mol. The van der Waals surface area contributed by atoms with Crippen LogP contribution in [0.5, 0.6) is 5.75 Å². The number of methoxy groups -OCH3 is 1. The van der Waals surface area contributed by atoms with Gasteiger partial charge in [-0.15, -0.1) is 11.3 Å². The summed E-state index contributed by atoms with van der Waals surface area (Å²) >= 11 is 8.27. The number of rotatable bonds is 8. The van der Waals surface area contributed by atoms with Crippen LogP contribution in [0.2, 0.25) is 5.02 Å². The number of carbonyl (C=O) groups is 1. The van der Waals surface area contributed by atoms with Crippen molar-refractivity contribution < 1.29 is 9.53 Å². The van der Waals surface area contributed by atoms with Crippen molar-refractivity contribution in [2.45, 2.75) is 44.3 Å². The zero-order valence-electron chi connectivity index (χ0n) is 22.9. The van der Waals surface area contributed by atoms with Crippen LogP contribution in [-0.2, 0) is 6.54 Å². The van der Waals surface area contributed by atoms with Crippen LogP contribution in [0.25, 0.3) is 21.2 Å². The highest BCUT2D eigenvalue weighted by Crippen LogP contribution is 2.38. The highest BCUT2D eigenvalue weighted by molar-refractivity contribution is 7.21. The molecule has 0 aliphatic heterocycles. The van der Waals surface area contributed by atoms with Gasteiger partial charge in [0.25, 0.3) is 5.91 Å². The van der Waals surface area contributed by atoms with Crippen LogP contribution in [0, 0.1) is 0 Å². The standard InChI is InChI=1S/C31H35ClN4O2S/c1-33-23-11-13-24(14-12-23)36(31(37)30-29(32)25-7-5-6-8-27(25)39-30)19-22-17-20(9-15-26(22)38-4)21-10-16-28(34-18-21)35(2)3/h5-10,15-18,23-24,33H,11-14,19H2,1-4H3/t23-,24-. The Hall–Kier alpha value is -3.13. The van der Waals surface area contributed by atoms with Crippen LogP contribution < -0.4 is 15.0 Å². The fourth-order valence-electron chi connectivity index (χ4n) is 5.41. The summed E-state index contributed by atoms with van der Waals surface area (Å²) in [5.74, 6) is 1.65. The molecule has 2 aromatic carbocycles. The number of nitrogens with one attached hydrogen (secondary N) is 1. The van der Waals surface area contributed by atoms with Crippen molar-refractivity contribution in [1.82, 2.24) is 15.2 Å². The Morgan fingerprint density at radius 3 is 2.46 bits per heavy atom. The van der Waals surface area contributed by atoms with Gasteiger partial charge in [-0.25, -0.2) is 4.98 Å². The lowest BCUT2D eigenvalue weighted by atomic mass is 9.89. The number of halogens is 1. The Morgan fingerprint density at radius 2 is 1.82 bits per heavy atom. The third-order valence-electron chi connectivity index (χ3n) is 7.70. The van der Waals surface area contributed by atoms with E-state index < -0.39 is 0 Å². The number of anilines is 1. The molecule has 0 spiro atoms. The minimum atomic E-state index is -0.0152. The zero-order chi connectivity index (χ0) is 27.5. The molecule has 0 bridgehead atoms. The van der Waals surface area contributed by atoms with Gasteiger partial charge in [0, 0.05) is 60.1 Å². The van der Waals surface area contributed by atoms with E-state index in [1.54, 1.807) is 7.11 Å². The normalized spacial score (nSPS) is 17.3. The molecule has 1 aliphatic rings. The fourth-order valence-corrected chi connectivity index (χ4v) is 6.88. The molecule has 2 aromatic heterocycles. The summed E-state index contributed by atoms with van der Waals surface area (Å²) in [5.41, 5.74) is 3.02. The molecule has 1 amide bonds. The smallest absolute Gasteiger partial charge is 0.266 e. The number of ether oxygens (including phenoxy) is 1. The zero-order valence-corrected chi connectivity index (χ0v) is 24.5. The minimum absolute atomic E-state index is 0.0152. The quantitative estimate of drug-likeness (QED) is 0.254. The molecule has 0 unspecified atom stereocenters. The van der Waals surface area contributed by atoms with Gasteiger partial charge in [-0.2, -0.15) is 0 Å². The average Bonchev–Trinajstić information content (AvgIpc) is 3.32. The summed E-state index contributed by atoms with van der Waals surface area (Å²) in [6.45, 7) is 0.443. The first-order valence-corrected chi connectivity index (χ1v) is 14.5. The number of nitrogens with zero attached hydrogens (tertiary/aromatic N) is 3. The second kappa shape index (κ2) is 11.9. The molecule has 1 fully saturated rings. The molecule has 6 nitrogen and oxygen atoms in total. The third-order valence-corrected chi connectivity index (χ3v) is 9.36. The molecule has 1 N–H and O–H groups in total. The van der Waals surface area contributed by atoms with Gasteiger partial charge in [0.15, 0.2) is 0 Å². The van der Waals surface area contributed by atoms with Crippen molar-refractivity contribution in [1.29, 1.82) is 0 Å². The van der Waals surface area contributed by atoms with Gasteiger partial charge in [-0.05, 0) is 68.6 Å². The molecule has 2 heterocycles. The van der Waals surface area contributed by atoms with Gasteiger partial charge in [-0.3, -0.25) is 4.79 Å². The third kappa shape index (κ3) is 5.76. The molecule has 39 heavy (non-hydrogen) atoms. The highest BCUT2D eigenvalue weighted by atomic mass is 35.5. The number of carbonyl (C=O) groups excluding carboxylic acids is 1. The van der Waals surface area contributed by atoms with E-state index in [9.17, 15) is 4.79 Å². The highest BCUT2D eigenvalue weighted by Gasteiger charge is 2.32. The van der Waals surface area contributed by atoms with E-state index in [1.165, 1.54) is 11.3 Å².